The van der Waals surface area contributed by atoms with Crippen LogP contribution in [0.15, 0.2) is 72.8 Å². The number of esters is 1. The molecule has 1 N–H and O–H groups in total. The minimum atomic E-state index is -0.922. The molecular formula is C23H21NO3. The first-order valence-corrected chi connectivity index (χ1v) is 9.22. The Bertz CT molecular complexity index is 958. The smallest absolute Gasteiger partial charge is 0.311 e. The normalized spacial score (nSPS) is 14.5. The maximum absolute atomic E-state index is 12.6. The van der Waals surface area contributed by atoms with E-state index >= 15 is 0 Å². The van der Waals surface area contributed by atoms with Crippen LogP contribution in [0.4, 0.5) is 0 Å². The van der Waals surface area contributed by atoms with Crippen LogP contribution < -0.4 is 5.32 Å². The Morgan fingerprint density at radius 3 is 2.41 bits per heavy atom. The SMILES string of the molecule is O=C(Cc1cccc2ccccc12)OC(C(=O)NC1CC1)c1ccccc1. The lowest BCUT2D eigenvalue weighted by Gasteiger charge is -2.18. The third-order valence-electron chi connectivity index (χ3n) is 4.73. The molecule has 1 saturated carbocycles. The molecule has 0 saturated heterocycles. The molecule has 3 aromatic rings. The molecular weight excluding hydrogens is 338 g/mol. The highest BCUT2D eigenvalue weighted by molar-refractivity contribution is 5.90. The summed E-state index contributed by atoms with van der Waals surface area (Å²) < 4.78 is 5.63. The first-order chi connectivity index (χ1) is 13.2. The quantitative estimate of drug-likeness (QED) is 0.678. The van der Waals surface area contributed by atoms with Gasteiger partial charge in [-0.1, -0.05) is 72.8 Å². The van der Waals surface area contributed by atoms with E-state index in [9.17, 15) is 9.59 Å². The molecule has 0 aromatic heterocycles. The summed E-state index contributed by atoms with van der Waals surface area (Å²) in [5, 5.41) is 5.04. The van der Waals surface area contributed by atoms with Crippen molar-refractivity contribution in [2.24, 2.45) is 0 Å². The standard InChI is InChI=1S/C23H21NO3/c25-21(15-18-11-6-10-16-7-4-5-12-20(16)18)27-22(17-8-2-1-3-9-17)23(26)24-19-13-14-19/h1-12,19,22H,13-15H2,(H,24,26). The van der Waals surface area contributed by atoms with Crippen molar-refractivity contribution in [3.05, 3.63) is 83.9 Å². The summed E-state index contributed by atoms with van der Waals surface area (Å²) in [4.78, 5) is 25.2. The Balaban J connectivity index is 1.53. The van der Waals surface area contributed by atoms with Crippen LogP contribution in [0.5, 0.6) is 0 Å². The number of benzene rings is 3. The average molecular weight is 359 g/mol. The predicted molar refractivity (Wildman–Crippen MR) is 104 cm³/mol. The fraction of sp³-hybridized carbons (Fsp3) is 0.217. The van der Waals surface area contributed by atoms with Gasteiger partial charge in [0.15, 0.2) is 0 Å². The molecule has 0 heterocycles. The Labute approximate surface area is 158 Å². The number of hydrogen-bond acceptors (Lipinski definition) is 3. The second kappa shape index (κ2) is 7.62. The van der Waals surface area contributed by atoms with Crippen LogP contribution in [0, 0.1) is 0 Å². The molecule has 0 bridgehead atoms. The second-order valence-electron chi connectivity index (χ2n) is 6.88. The third-order valence-corrected chi connectivity index (χ3v) is 4.73. The van der Waals surface area contributed by atoms with Crippen LogP contribution in [-0.4, -0.2) is 17.9 Å². The van der Waals surface area contributed by atoms with Gasteiger partial charge in [0.1, 0.15) is 0 Å². The van der Waals surface area contributed by atoms with Crippen molar-refractivity contribution in [1.29, 1.82) is 0 Å². The second-order valence-corrected chi connectivity index (χ2v) is 6.88. The fourth-order valence-electron chi connectivity index (χ4n) is 3.18. The van der Waals surface area contributed by atoms with E-state index in [1.165, 1.54) is 0 Å². The summed E-state index contributed by atoms with van der Waals surface area (Å²) in [7, 11) is 0. The van der Waals surface area contributed by atoms with Crippen molar-refractivity contribution >= 4 is 22.6 Å². The lowest BCUT2D eigenvalue weighted by Crippen LogP contribution is -2.33. The Morgan fingerprint density at radius 1 is 0.926 bits per heavy atom. The first kappa shape index (κ1) is 17.3. The van der Waals surface area contributed by atoms with E-state index in [0.717, 1.165) is 29.2 Å². The van der Waals surface area contributed by atoms with Gasteiger partial charge in [0.05, 0.1) is 6.42 Å². The number of hydrogen-bond donors (Lipinski definition) is 1. The van der Waals surface area contributed by atoms with Crippen molar-refractivity contribution in [1.82, 2.24) is 5.32 Å². The largest absolute Gasteiger partial charge is 0.447 e. The molecule has 0 spiro atoms. The summed E-state index contributed by atoms with van der Waals surface area (Å²) in [6.45, 7) is 0. The average Bonchev–Trinajstić information content (AvgIpc) is 3.51. The molecule has 3 aromatic carbocycles. The summed E-state index contributed by atoms with van der Waals surface area (Å²) >= 11 is 0. The lowest BCUT2D eigenvalue weighted by atomic mass is 10.0. The van der Waals surface area contributed by atoms with Crippen molar-refractivity contribution in [3.8, 4) is 0 Å². The number of rotatable bonds is 6. The van der Waals surface area contributed by atoms with Crippen molar-refractivity contribution in [2.75, 3.05) is 0 Å². The molecule has 1 aliphatic rings. The van der Waals surface area contributed by atoms with E-state index in [-0.39, 0.29) is 18.4 Å². The van der Waals surface area contributed by atoms with Gasteiger partial charge in [-0.3, -0.25) is 9.59 Å². The number of carbonyl (C=O) groups is 2. The van der Waals surface area contributed by atoms with Gasteiger partial charge in [0, 0.05) is 11.6 Å². The minimum absolute atomic E-state index is 0.126. The summed E-state index contributed by atoms with van der Waals surface area (Å²) in [6.07, 6.45) is 1.17. The molecule has 1 aliphatic carbocycles. The minimum Gasteiger partial charge on any atom is -0.447 e. The van der Waals surface area contributed by atoms with Crippen molar-refractivity contribution in [3.63, 3.8) is 0 Å². The number of carbonyl (C=O) groups excluding carboxylic acids is 2. The van der Waals surface area contributed by atoms with Crippen LogP contribution >= 0.6 is 0 Å². The molecule has 1 unspecified atom stereocenters. The first-order valence-electron chi connectivity index (χ1n) is 9.22. The fourth-order valence-corrected chi connectivity index (χ4v) is 3.18. The van der Waals surface area contributed by atoms with E-state index in [2.05, 4.69) is 5.32 Å². The maximum atomic E-state index is 12.6. The molecule has 1 fully saturated rings. The van der Waals surface area contributed by atoms with E-state index in [1.807, 2.05) is 72.8 Å². The zero-order chi connectivity index (χ0) is 18.6. The topological polar surface area (TPSA) is 55.4 Å². The molecule has 1 atom stereocenters. The number of fused-ring (bicyclic) bond motifs is 1. The molecule has 4 rings (SSSR count). The summed E-state index contributed by atoms with van der Waals surface area (Å²) in [5.41, 5.74) is 1.58. The van der Waals surface area contributed by atoms with Gasteiger partial charge in [-0.15, -0.1) is 0 Å². The Hall–Kier alpha value is -3.14. The van der Waals surface area contributed by atoms with E-state index in [4.69, 9.17) is 4.74 Å². The number of nitrogens with one attached hydrogen (secondary N) is 1. The summed E-state index contributed by atoms with van der Waals surface area (Å²) in [6, 6.07) is 23.2. The van der Waals surface area contributed by atoms with Gasteiger partial charge in [0.25, 0.3) is 5.91 Å². The zero-order valence-electron chi connectivity index (χ0n) is 14.9. The third kappa shape index (κ3) is 4.17. The van der Waals surface area contributed by atoms with Crippen LogP contribution in [0.1, 0.15) is 30.1 Å². The molecule has 0 radical (unpaired) electrons. The van der Waals surface area contributed by atoms with Crippen molar-refractivity contribution in [2.45, 2.75) is 31.4 Å². The van der Waals surface area contributed by atoms with Crippen molar-refractivity contribution < 1.29 is 14.3 Å². The Morgan fingerprint density at radius 2 is 1.63 bits per heavy atom. The highest BCUT2D eigenvalue weighted by Gasteiger charge is 2.30. The van der Waals surface area contributed by atoms with Crippen LogP contribution in [0.3, 0.4) is 0 Å². The number of ether oxygens (including phenoxy) is 1. The van der Waals surface area contributed by atoms with Gasteiger partial charge >= 0.3 is 5.97 Å². The zero-order valence-corrected chi connectivity index (χ0v) is 14.9. The molecule has 0 aliphatic heterocycles. The van der Waals surface area contributed by atoms with Gasteiger partial charge in [0.2, 0.25) is 6.10 Å². The van der Waals surface area contributed by atoms with Crippen LogP contribution in [0.25, 0.3) is 10.8 Å². The monoisotopic (exact) mass is 359 g/mol. The van der Waals surface area contributed by atoms with Crippen LogP contribution in [0.2, 0.25) is 0 Å². The lowest BCUT2D eigenvalue weighted by molar-refractivity contribution is -0.155. The van der Waals surface area contributed by atoms with Gasteiger partial charge < -0.3 is 10.1 Å². The maximum Gasteiger partial charge on any atom is 0.311 e. The Kier molecular flexibility index (Phi) is 4.88. The van der Waals surface area contributed by atoms with E-state index < -0.39 is 12.1 Å². The molecule has 27 heavy (non-hydrogen) atoms. The van der Waals surface area contributed by atoms with Gasteiger partial charge in [-0.05, 0) is 29.2 Å². The molecule has 136 valence electrons. The number of amides is 1. The highest BCUT2D eigenvalue weighted by Crippen LogP contribution is 2.24. The summed E-state index contributed by atoms with van der Waals surface area (Å²) in [5.74, 6) is -0.666. The molecule has 4 heteroatoms. The highest BCUT2D eigenvalue weighted by atomic mass is 16.5. The van der Waals surface area contributed by atoms with E-state index in [0.29, 0.717) is 5.56 Å². The predicted octanol–water partition coefficient (Wildman–Crippen LogP) is 3.95. The molecule has 1 amide bonds. The molecule has 4 nitrogen and oxygen atoms in total. The van der Waals surface area contributed by atoms with Gasteiger partial charge in [-0.2, -0.15) is 0 Å². The van der Waals surface area contributed by atoms with Gasteiger partial charge in [-0.25, -0.2) is 0 Å². The van der Waals surface area contributed by atoms with Crippen LogP contribution in [-0.2, 0) is 20.7 Å². The van der Waals surface area contributed by atoms with E-state index in [1.54, 1.807) is 0 Å².